The fraction of sp³-hybridized carbons (Fsp3) is 0.625. The molecule has 1 aromatic rings. The van der Waals surface area contributed by atoms with E-state index in [-0.39, 0.29) is 17.7 Å². The largest absolute Gasteiger partial charge is 0.503 e. The summed E-state index contributed by atoms with van der Waals surface area (Å²) in [5, 5.41) is 9.61. The first-order valence-electron chi connectivity index (χ1n) is 7.60. The molecule has 1 aliphatic heterocycles. The molecule has 1 aliphatic rings. The van der Waals surface area contributed by atoms with Crippen molar-refractivity contribution in [3.8, 4) is 11.6 Å². The molecule has 0 aromatic carbocycles. The number of carbonyl (C=O) groups is 1. The number of hydrogen-bond donors (Lipinski definition) is 1. The number of amides is 1. The zero-order valence-corrected chi connectivity index (χ0v) is 13.4. The topological polar surface area (TPSA) is 71.9 Å². The van der Waals surface area contributed by atoms with Crippen LogP contribution in [0.5, 0.6) is 11.6 Å². The zero-order chi connectivity index (χ0) is 16.2. The summed E-state index contributed by atoms with van der Waals surface area (Å²) in [5.74, 6) is 0.658. The minimum absolute atomic E-state index is 0.0497. The highest BCUT2D eigenvalue weighted by Crippen LogP contribution is 2.24. The molecule has 1 saturated heterocycles. The van der Waals surface area contributed by atoms with Crippen LogP contribution in [0.3, 0.4) is 0 Å². The van der Waals surface area contributed by atoms with Gasteiger partial charge in [-0.2, -0.15) is 0 Å². The number of ether oxygens (including phenoxy) is 2. The molecule has 22 heavy (non-hydrogen) atoms. The van der Waals surface area contributed by atoms with Gasteiger partial charge in [0.05, 0.1) is 6.61 Å². The lowest BCUT2D eigenvalue weighted by atomic mass is 9.98. The van der Waals surface area contributed by atoms with Crippen LogP contribution >= 0.6 is 0 Å². The second kappa shape index (κ2) is 6.85. The van der Waals surface area contributed by atoms with Crippen LogP contribution in [-0.4, -0.2) is 46.4 Å². The minimum atomic E-state index is -0.465. The molecule has 0 unspecified atom stereocenters. The van der Waals surface area contributed by atoms with E-state index < -0.39 is 5.60 Å². The number of rotatable bonds is 3. The first-order chi connectivity index (χ1) is 10.3. The Morgan fingerprint density at radius 1 is 1.41 bits per heavy atom. The van der Waals surface area contributed by atoms with Gasteiger partial charge in [-0.15, -0.1) is 0 Å². The fourth-order valence-electron chi connectivity index (χ4n) is 2.30. The van der Waals surface area contributed by atoms with Gasteiger partial charge in [0, 0.05) is 19.3 Å². The summed E-state index contributed by atoms with van der Waals surface area (Å²) in [7, 11) is 0. The SMILES string of the molecule is CC(C)(C)OC(=O)N1CCC(COc2ncccc2O)CC1. The number of aromatic nitrogens is 1. The van der Waals surface area contributed by atoms with E-state index in [0.29, 0.717) is 25.6 Å². The number of likely N-dealkylation sites (tertiary alicyclic amines) is 1. The molecule has 0 spiro atoms. The lowest BCUT2D eigenvalue weighted by Gasteiger charge is -2.33. The molecule has 1 amide bonds. The number of hydrogen-bond acceptors (Lipinski definition) is 5. The van der Waals surface area contributed by atoms with Crippen molar-refractivity contribution in [3.05, 3.63) is 18.3 Å². The van der Waals surface area contributed by atoms with Gasteiger partial charge < -0.3 is 19.5 Å². The summed E-state index contributed by atoms with van der Waals surface area (Å²) >= 11 is 0. The standard InChI is InChI=1S/C16H24N2O4/c1-16(2,3)22-15(20)18-9-6-12(7-10-18)11-21-14-13(19)5-4-8-17-14/h4-5,8,12,19H,6-7,9-11H2,1-3H3. The molecule has 1 fully saturated rings. The quantitative estimate of drug-likeness (QED) is 0.929. The van der Waals surface area contributed by atoms with Gasteiger partial charge >= 0.3 is 6.09 Å². The van der Waals surface area contributed by atoms with E-state index in [4.69, 9.17) is 9.47 Å². The van der Waals surface area contributed by atoms with E-state index in [1.165, 1.54) is 0 Å². The predicted molar refractivity (Wildman–Crippen MR) is 81.9 cm³/mol. The molecular formula is C16H24N2O4. The average Bonchev–Trinajstić information content (AvgIpc) is 2.45. The van der Waals surface area contributed by atoms with Crippen LogP contribution in [0.2, 0.25) is 0 Å². The predicted octanol–water partition coefficient (Wildman–Crippen LogP) is 2.81. The van der Waals surface area contributed by atoms with Gasteiger partial charge in [-0.3, -0.25) is 0 Å². The van der Waals surface area contributed by atoms with Crippen LogP contribution in [0.15, 0.2) is 18.3 Å². The molecule has 0 atom stereocenters. The lowest BCUT2D eigenvalue weighted by Crippen LogP contribution is -2.42. The molecule has 2 rings (SSSR count). The summed E-state index contributed by atoms with van der Waals surface area (Å²) < 4.78 is 10.9. The van der Waals surface area contributed by atoms with Crippen LogP contribution in [0.4, 0.5) is 4.79 Å². The molecule has 0 aliphatic carbocycles. The van der Waals surface area contributed by atoms with Crippen molar-refractivity contribution in [2.75, 3.05) is 19.7 Å². The van der Waals surface area contributed by atoms with Crippen LogP contribution in [0.1, 0.15) is 33.6 Å². The number of carbonyl (C=O) groups excluding carboxylic acids is 1. The smallest absolute Gasteiger partial charge is 0.410 e. The first kappa shape index (κ1) is 16.4. The number of pyridine rings is 1. The molecule has 1 N–H and O–H groups in total. The molecule has 0 radical (unpaired) electrons. The van der Waals surface area contributed by atoms with Crippen molar-refractivity contribution in [1.29, 1.82) is 0 Å². The summed E-state index contributed by atoms with van der Waals surface area (Å²) in [6, 6.07) is 3.20. The molecule has 6 heteroatoms. The van der Waals surface area contributed by atoms with Gasteiger partial charge in [-0.1, -0.05) is 0 Å². The van der Waals surface area contributed by atoms with Gasteiger partial charge in [-0.05, 0) is 51.7 Å². The normalized spacial score (nSPS) is 16.4. The van der Waals surface area contributed by atoms with Crippen molar-refractivity contribution in [3.63, 3.8) is 0 Å². The van der Waals surface area contributed by atoms with Crippen LogP contribution < -0.4 is 4.74 Å². The Labute approximate surface area is 131 Å². The summed E-state index contributed by atoms with van der Waals surface area (Å²) in [6.45, 7) is 7.42. The molecule has 1 aromatic heterocycles. The summed E-state index contributed by atoms with van der Waals surface area (Å²) in [5.41, 5.74) is -0.465. The first-order valence-corrected chi connectivity index (χ1v) is 7.60. The highest BCUT2D eigenvalue weighted by Gasteiger charge is 2.27. The van der Waals surface area contributed by atoms with Crippen LogP contribution in [-0.2, 0) is 4.74 Å². The number of piperidine rings is 1. The Morgan fingerprint density at radius 3 is 2.68 bits per heavy atom. The fourth-order valence-corrected chi connectivity index (χ4v) is 2.30. The van der Waals surface area contributed by atoms with Gasteiger partial charge in [0.2, 0.25) is 0 Å². The van der Waals surface area contributed by atoms with Crippen molar-refractivity contribution >= 4 is 6.09 Å². The minimum Gasteiger partial charge on any atom is -0.503 e. The summed E-state index contributed by atoms with van der Waals surface area (Å²) in [4.78, 5) is 17.7. The highest BCUT2D eigenvalue weighted by molar-refractivity contribution is 5.68. The maximum atomic E-state index is 12.0. The third-order valence-corrected chi connectivity index (χ3v) is 3.47. The maximum absolute atomic E-state index is 12.0. The van der Waals surface area contributed by atoms with Crippen LogP contribution in [0, 0.1) is 5.92 Å². The molecule has 2 heterocycles. The van der Waals surface area contributed by atoms with Crippen molar-refractivity contribution in [2.45, 2.75) is 39.2 Å². The van der Waals surface area contributed by atoms with Crippen molar-refractivity contribution in [2.24, 2.45) is 5.92 Å². The average molecular weight is 308 g/mol. The van der Waals surface area contributed by atoms with E-state index in [2.05, 4.69) is 4.98 Å². The third-order valence-electron chi connectivity index (χ3n) is 3.47. The van der Waals surface area contributed by atoms with E-state index in [1.807, 2.05) is 20.8 Å². The van der Waals surface area contributed by atoms with Gasteiger partial charge in [-0.25, -0.2) is 9.78 Å². The molecule has 0 saturated carbocycles. The Hall–Kier alpha value is -1.98. The molecular weight excluding hydrogens is 284 g/mol. The molecule has 0 bridgehead atoms. The van der Waals surface area contributed by atoms with Gasteiger partial charge in [0.1, 0.15) is 5.60 Å². The Morgan fingerprint density at radius 2 is 2.09 bits per heavy atom. The number of nitrogens with zero attached hydrogens (tertiary/aromatic N) is 2. The second-order valence-electron chi connectivity index (χ2n) is 6.55. The van der Waals surface area contributed by atoms with Crippen molar-refractivity contribution < 1.29 is 19.4 Å². The second-order valence-corrected chi connectivity index (χ2v) is 6.55. The van der Waals surface area contributed by atoms with Gasteiger partial charge in [0.25, 0.3) is 5.88 Å². The zero-order valence-electron chi connectivity index (χ0n) is 13.4. The van der Waals surface area contributed by atoms with Crippen molar-refractivity contribution in [1.82, 2.24) is 9.88 Å². The number of aromatic hydroxyl groups is 1. The Bertz CT molecular complexity index is 505. The Kier molecular flexibility index (Phi) is 5.11. The van der Waals surface area contributed by atoms with E-state index in [1.54, 1.807) is 23.2 Å². The van der Waals surface area contributed by atoms with E-state index in [0.717, 1.165) is 12.8 Å². The summed E-state index contributed by atoms with van der Waals surface area (Å²) in [6.07, 6.45) is 3.04. The highest BCUT2D eigenvalue weighted by atomic mass is 16.6. The maximum Gasteiger partial charge on any atom is 0.410 e. The van der Waals surface area contributed by atoms with Crippen LogP contribution in [0.25, 0.3) is 0 Å². The van der Waals surface area contributed by atoms with Gasteiger partial charge in [0.15, 0.2) is 5.75 Å². The lowest BCUT2D eigenvalue weighted by molar-refractivity contribution is 0.0163. The molecule has 6 nitrogen and oxygen atoms in total. The third kappa shape index (κ3) is 4.79. The van der Waals surface area contributed by atoms with E-state index in [9.17, 15) is 9.90 Å². The molecule has 122 valence electrons. The monoisotopic (exact) mass is 308 g/mol. The Balaban J connectivity index is 1.76. The van der Waals surface area contributed by atoms with E-state index >= 15 is 0 Å².